The predicted octanol–water partition coefficient (Wildman–Crippen LogP) is 7.67. The van der Waals surface area contributed by atoms with E-state index in [0.717, 1.165) is 36.4 Å². The number of phenolic OH excluding ortho intramolecular Hbond substituents is 3. The van der Waals surface area contributed by atoms with Crippen LogP contribution in [-0.2, 0) is 30.4 Å². The molecule has 0 aromatic heterocycles. The first-order chi connectivity index (χ1) is 28.7. The van der Waals surface area contributed by atoms with Crippen LogP contribution >= 0.6 is 0 Å². The maximum absolute atomic E-state index is 13.1. The summed E-state index contributed by atoms with van der Waals surface area (Å²) in [6.45, 7) is 0. The van der Waals surface area contributed by atoms with Crippen LogP contribution in [0.15, 0.2) is 150 Å². The molecule has 7 aromatic rings. The zero-order valence-electron chi connectivity index (χ0n) is 30.4. The minimum atomic E-state index is -5.11. The molecule has 1 amide bonds. The number of amides is 1. The molecule has 19 nitrogen and oxygen atoms in total. The van der Waals surface area contributed by atoms with Crippen LogP contribution in [0.25, 0.3) is 32.7 Å². The van der Waals surface area contributed by atoms with E-state index in [2.05, 4.69) is 25.8 Å². The lowest BCUT2D eigenvalue weighted by Crippen LogP contribution is -2.11. The Morgan fingerprint density at radius 1 is 0.541 bits per heavy atom. The molecule has 0 radical (unpaired) electrons. The van der Waals surface area contributed by atoms with Gasteiger partial charge in [-0.2, -0.15) is 30.4 Å². The number of anilines is 1. The van der Waals surface area contributed by atoms with Crippen molar-refractivity contribution >= 4 is 86.2 Å². The molecule has 0 heterocycles. The number of azo groups is 2. The molecule has 0 atom stereocenters. The third-order valence-corrected chi connectivity index (χ3v) is 11.6. The zero-order chi connectivity index (χ0) is 44.0. The molecule has 0 bridgehead atoms. The molecule has 7 rings (SSSR count). The number of nitrogens with zero attached hydrogens (tertiary/aromatic N) is 4. The van der Waals surface area contributed by atoms with Gasteiger partial charge in [0, 0.05) is 22.0 Å². The first-order valence-electron chi connectivity index (χ1n) is 17.1. The Kier molecular flexibility index (Phi) is 10.7. The second-order valence-corrected chi connectivity index (χ2v) is 17.1. The highest BCUT2D eigenvalue weighted by atomic mass is 32.2. The SMILES string of the molecule is O=C(Nc1ccc2c(O)c(N=Nc3ccc(-c4ccc(N=Nc5c(S(=O)(=O)O)cc6cccc(S(=O)(=O)O)c6c5O)c(O)c4)cc3[O-])c(S(=O)(=O)O)cc2c1)c1ccccc1. The molecule has 0 aliphatic heterocycles. The lowest BCUT2D eigenvalue weighted by Gasteiger charge is -2.13. The van der Waals surface area contributed by atoms with E-state index in [1.807, 2.05) is 0 Å². The summed E-state index contributed by atoms with van der Waals surface area (Å²) in [7, 11) is -15.1. The van der Waals surface area contributed by atoms with E-state index >= 15 is 0 Å². The van der Waals surface area contributed by atoms with Crippen molar-refractivity contribution < 1.29 is 64.1 Å². The van der Waals surface area contributed by atoms with Gasteiger partial charge in [-0.05, 0) is 88.6 Å². The van der Waals surface area contributed by atoms with Crippen molar-refractivity contribution in [3.8, 4) is 34.1 Å². The van der Waals surface area contributed by atoms with Gasteiger partial charge in [-0.3, -0.25) is 18.5 Å². The number of hydrogen-bond acceptors (Lipinski definition) is 15. The first kappa shape index (κ1) is 41.8. The van der Waals surface area contributed by atoms with E-state index < -0.39 is 90.7 Å². The summed E-state index contributed by atoms with van der Waals surface area (Å²) >= 11 is 0. The smallest absolute Gasteiger partial charge is 0.296 e. The molecule has 7 aromatic carbocycles. The number of benzene rings is 7. The Morgan fingerprint density at radius 2 is 1.11 bits per heavy atom. The number of fused-ring (bicyclic) bond motifs is 2. The fourth-order valence-corrected chi connectivity index (χ4v) is 8.20. The van der Waals surface area contributed by atoms with Crippen LogP contribution in [0.1, 0.15) is 10.4 Å². The zero-order valence-corrected chi connectivity index (χ0v) is 32.9. The Labute approximate surface area is 344 Å². The van der Waals surface area contributed by atoms with E-state index in [4.69, 9.17) is 0 Å². The van der Waals surface area contributed by atoms with E-state index in [-0.39, 0.29) is 44.3 Å². The molecule has 0 unspecified atom stereocenters. The number of rotatable bonds is 10. The minimum absolute atomic E-state index is 0.0683. The van der Waals surface area contributed by atoms with Gasteiger partial charge in [0.2, 0.25) is 0 Å². The monoisotopic (exact) mass is 884 g/mol. The summed E-state index contributed by atoms with van der Waals surface area (Å²) in [5, 5.41) is 63.0. The molecule has 22 heteroatoms. The molecule has 0 aliphatic carbocycles. The number of hydrogen-bond donors (Lipinski definition) is 7. The predicted molar refractivity (Wildman–Crippen MR) is 216 cm³/mol. The standard InChI is InChI=1S/C39H27N5O14S3/c45-29-16-21(22-10-14-28(30(46)17-22)42-44-36-32(60(53,54)55)18-23-7-4-8-31(59(50,51)52)34(23)38(36)48)9-13-27(29)41-43-35-33(61(56,57)58)19-24-15-25(11-12-26(24)37(35)47)40-39(49)20-5-2-1-3-6-20/h1-19,45-48H,(H,40,49)(H,50,51,52)(H,53,54,55)(H,56,57,58)/p-1. The lowest BCUT2D eigenvalue weighted by atomic mass is 10.0. The van der Waals surface area contributed by atoms with Crippen molar-refractivity contribution in [2.75, 3.05) is 5.32 Å². The number of carbonyl (C=O) groups excluding carboxylic acids is 1. The van der Waals surface area contributed by atoms with Gasteiger partial charge in [0.05, 0.1) is 5.69 Å². The second-order valence-electron chi connectivity index (χ2n) is 13.0. The third kappa shape index (κ3) is 8.56. The van der Waals surface area contributed by atoms with Crippen LogP contribution in [-0.4, -0.2) is 60.1 Å². The number of phenols is 3. The van der Waals surface area contributed by atoms with Gasteiger partial charge in [-0.15, -0.1) is 15.3 Å². The molecule has 61 heavy (non-hydrogen) atoms. The molecule has 0 aliphatic rings. The Morgan fingerprint density at radius 3 is 1.72 bits per heavy atom. The van der Waals surface area contributed by atoms with Crippen LogP contribution in [0.4, 0.5) is 28.4 Å². The summed E-state index contributed by atoms with van der Waals surface area (Å²) in [5.41, 5.74) is -1.23. The normalized spacial score (nSPS) is 12.4. The third-order valence-electron chi connectivity index (χ3n) is 9.00. The highest BCUT2D eigenvalue weighted by molar-refractivity contribution is 7.86. The van der Waals surface area contributed by atoms with Crippen LogP contribution in [0.2, 0.25) is 0 Å². The average molecular weight is 885 g/mol. The maximum atomic E-state index is 13.1. The second kappa shape index (κ2) is 15.7. The van der Waals surface area contributed by atoms with E-state index in [9.17, 15) is 64.1 Å². The molecule has 7 N–H and O–H groups in total. The number of aromatic hydroxyl groups is 3. The van der Waals surface area contributed by atoms with Crippen molar-refractivity contribution in [1.29, 1.82) is 0 Å². The van der Waals surface area contributed by atoms with Crippen LogP contribution in [0.3, 0.4) is 0 Å². The number of nitrogens with one attached hydrogen (secondary N) is 1. The molecular weight excluding hydrogens is 859 g/mol. The maximum Gasteiger partial charge on any atom is 0.296 e. The van der Waals surface area contributed by atoms with Gasteiger partial charge in [0.25, 0.3) is 36.3 Å². The van der Waals surface area contributed by atoms with E-state index in [1.54, 1.807) is 30.3 Å². The fourth-order valence-electron chi connectivity index (χ4n) is 6.16. The first-order valence-corrected chi connectivity index (χ1v) is 21.4. The van der Waals surface area contributed by atoms with Crippen LogP contribution in [0.5, 0.6) is 23.0 Å². The molecule has 0 fully saturated rings. The molecule has 0 spiro atoms. The van der Waals surface area contributed by atoms with Gasteiger partial charge in [-0.25, -0.2) is 0 Å². The fraction of sp³-hybridized carbons (Fsp3) is 0. The average Bonchev–Trinajstić information content (AvgIpc) is 3.19. The summed E-state index contributed by atoms with van der Waals surface area (Å²) in [6.07, 6.45) is 0. The topological polar surface area (TPSA) is 325 Å². The Balaban J connectivity index is 1.17. The van der Waals surface area contributed by atoms with Crippen molar-refractivity contribution in [3.63, 3.8) is 0 Å². The summed E-state index contributed by atoms with van der Waals surface area (Å²) in [4.78, 5) is 10.0. The molecule has 310 valence electrons. The lowest BCUT2D eigenvalue weighted by molar-refractivity contribution is -0.267. The highest BCUT2D eigenvalue weighted by Gasteiger charge is 2.27. The van der Waals surface area contributed by atoms with Crippen LogP contribution in [0, 0.1) is 0 Å². The van der Waals surface area contributed by atoms with Gasteiger partial charge in [0.15, 0.2) is 11.5 Å². The molecule has 0 saturated carbocycles. The molecular formula is C39H26N5O14S3-. The van der Waals surface area contributed by atoms with Gasteiger partial charge >= 0.3 is 0 Å². The van der Waals surface area contributed by atoms with Crippen molar-refractivity contribution in [2.45, 2.75) is 14.7 Å². The van der Waals surface area contributed by atoms with Gasteiger partial charge in [0.1, 0.15) is 37.5 Å². The highest BCUT2D eigenvalue weighted by Crippen LogP contribution is 2.46. The van der Waals surface area contributed by atoms with Crippen molar-refractivity contribution in [1.82, 2.24) is 0 Å². The van der Waals surface area contributed by atoms with Crippen molar-refractivity contribution in [3.05, 3.63) is 121 Å². The van der Waals surface area contributed by atoms with Gasteiger partial charge in [-0.1, -0.05) is 54.3 Å². The van der Waals surface area contributed by atoms with E-state index in [1.165, 1.54) is 48.5 Å². The quantitative estimate of drug-likeness (QED) is 0.0512. The van der Waals surface area contributed by atoms with Crippen molar-refractivity contribution in [2.24, 2.45) is 20.5 Å². The Hall–Kier alpha value is -7.34. The summed E-state index contributed by atoms with van der Waals surface area (Å²) in [6, 6.07) is 24.8. The number of carbonyl (C=O) groups is 1. The summed E-state index contributed by atoms with van der Waals surface area (Å²) in [5.74, 6) is -3.59. The van der Waals surface area contributed by atoms with Gasteiger partial charge < -0.3 is 25.7 Å². The minimum Gasteiger partial charge on any atom is -0.871 e. The largest absolute Gasteiger partial charge is 0.871 e. The summed E-state index contributed by atoms with van der Waals surface area (Å²) < 4.78 is 103. The van der Waals surface area contributed by atoms with E-state index in [0.29, 0.717) is 5.56 Å². The van der Waals surface area contributed by atoms with Crippen LogP contribution < -0.4 is 10.4 Å². The molecule has 0 saturated heterocycles. The Bertz CT molecular complexity index is 3380.